The molecule has 6 rings (SSSR count). The average molecular weight is 711 g/mol. The van der Waals surface area contributed by atoms with Crippen molar-refractivity contribution in [2.45, 2.75) is 90.0 Å². The summed E-state index contributed by atoms with van der Waals surface area (Å²) in [7, 11) is 0. The number of thiophene rings is 1. The van der Waals surface area contributed by atoms with Crippen LogP contribution < -0.4 is 10.2 Å². The molecule has 3 aromatic rings. The predicted octanol–water partition coefficient (Wildman–Crippen LogP) is 6.71. The monoisotopic (exact) mass is 710 g/mol. The standard InChI is InChI=1S/C40H50N6O4S/c1-4-5-26-6-10-28(11-7-26)29-16-18-45(19-17-29)32-21-42-36(43-22-32)30-12-8-27(9-13-30)20-33(38(48)46-23-31(24-46)39(49)50)44-37(47)34-14-15-35(51-34)40(2,3)25-41/h8-9,12-15,21-22,26,28-29,31,33H,4-7,10-11,16-20,23-24H2,1-3H3,(H,44,47)(H,49,50)/t26?,28?,33-/m0/s1. The Morgan fingerprint density at radius 1 is 0.980 bits per heavy atom. The lowest BCUT2D eigenvalue weighted by atomic mass is 9.72. The van der Waals surface area contributed by atoms with E-state index in [1.807, 2.05) is 36.7 Å². The van der Waals surface area contributed by atoms with Crippen molar-refractivity contribution in [3.63, 3.8) is 0 Å². The maximum Gasteiger partial charge on any atom is 0.310 e. The number of hydrogen-bond acceptors (Lipinski definition) is 8. The number of hydrogen-bond donors (Lipinski definition) is 2. The van der Waals surface area contributed by atoms with Gasteiger partial charge in [-0.25, -0.2) is 9.97 Å². The zero-order valence-corrected chi connectivity index (χ0v) is 30.8. The third kappa shape index (κ3) is 8.61. The lowest BCUT2D eigenvalue weighted by Crippen LogP contribution is -2.59. The Kier molecular flexibility index (Phi) is 11.4. The number of carboxylic acids is 1. The molecule has 2 N–H and O–H groups in total. The number of carbonyl (C=O) groups excluding carboxylic acids is 2. The first-order valence-electron chi connectivity index (χ1n) is 18.5. The molecule has 2 aromatic heterocycles. The van der Waals surface area contributed by atoms with Gasteiger partial charge in [0.05, 0.1) is 40.4 Å². The number of nitrogens with zero attached hydrogens (tertiary/aromatic N) is 5. The van der Waals surface area contributed by atoms with E-state index in [1.165, 1.54) is 67.6 Å². The van der Waals surface area contributed by atoms with Crippen molar-refractivity contribution in [3.8, 4) is 17.5 Å². The summed E-state index contributed by atoms with van der Waals surface area (Å²) < 4.78 is 0. The number of piperidine rings is 1. The van der Waals surface area contributed by atoms with E-state index < -0.39 is 29.3 Å². The minimum atomic E-state index is -0.934. The fourth-order valence-electron chi connectivity index (χ4n) is 7.96. The summed E-state index contributed by atoms with van der Waals surface area (Å²) >= 11 is 1.23. The highest BCUT2D eigenvalue weighted by atomic mass is 32.1. The minimum Gasteiger partial charge on any atom is -0.481 e. The Bertz CT molecular complexity index is 1710. The van der Waals surface area contributed by atoms with Crippen LogP contribution in [0, 0.1) is 35.0 Å². The van der Waals surface area contributed by atoms with Crippen LogP contribution in [0.15, 0.2) is 48.8 Å². The number of benzene rings is 1. The van der Waals surface area contributed by atoms with Crippen molar-refractivity contribution in [3.05, 3.63) is 64.1 Å². The molecule has 0 radical (unpaired) electrons. The largest absolute Gasteiger partial charge is 0.481 e. The number of aliphatic carboxylic acids is 1. The normalized spacial score (nSPS) is 20.7. The van der Waals surface area contributed by atoms with Crippen molar-refractivity contribution in [2.75, 3.05) is 31.1 Å². The van der Waals surface area contributed by atoms with Crippen LogP contribution in [0.4, 0.5) is 5.69 Å². The summed E-state index contributed by atoms with van der Waals surface area (Å²) in [5.41, 5.74) is 2.01. The summed E-state index contributed by atoms with van der Waals surface area (Å²) in [5, 5.41) is 21.7. The van der Waals surface area contributed by atoms with E-state index in [2.05, 4.69) is 23.2 Å². The number of nitriles is 1. The lowest BCUT2D eigenvalue weighted by Gasteiger charge is -2.39. The Hall–Kier alpha value is -4.30. The summed E-state index contributed by atoms with van der Waals surface area (Å²) in [6, 6.07) is 12.5. The maximum absolute atomic E-state index is 13.5. The second kappa shape index (κ2) is 15.9. The van der Waals surface area contributed by atoms with Gasteiger partial charge in [0, 0.05) is 43.0 Å². The molecule has 11 heteroatoms. The molecule has 270 valence electrons. The van der Waals surface area contributed by atoms with Crippen LogP contribution in [0.1, 0.15) is 92.3 Å². The highest BCUT2D eigenvalue weighted by Crippen LogP contribution is 2.40. The van der Waals surface area contributed by atoms with Crippen LogP contribution in [-0.2, 0) is 21.4 Å². The summed E-state index contributed by atoms with van der Waals surface area (Å²) in [4.78, 5) is 52.7. The quantitative estimate of drug-likeness (QED) is 0.211. The van der Waals surface area contributed by atoms with Crippen molar-refractivity contribution < 1.29 is 19.5 Å². The van der Waals surface area contributed by atoms with E-state index in [1.54, 1.807) is 26.0 Å². The molecule has 2 saturated heterocycles. The second-order valence-corrected chi connectivity index (χ2v) is 16.3. The van der Waals surface area contributed by atoms with E-state index in [0.29, 0.717) is 10.7 Å². The van der Waals surface area contributed by atoms with E-state index in [-0.39, 0.29) is 25.4 Å². The highest BCUT2D eigenvalue weighted by molar-refractivity contribution is 7.14. The lowest BCUT2D eigenvalue weighted by molar-refractivity contribution is -0.153. The number of likely N-dealkylation sites (tertiary alicyclic amines) is 1. The molecule has 51 heavy (non-hydrogen) atoms. The van der Waals surface area contributed by atoms with Gasteiger partial charge in [0.1, 0.15) is 6.04 Å². The summed E-state index contributed by atoms with van der Waals surface area (Å²) in [6.45, 7) is 8.22. The van der Waals surface area contributed by atoms with Crippen LogP contribution in [0.5, 0.6) is 0 Å². The Balaban J connectivity index is 1.06. The molecular weight excluding hydrogens is 661 g/mol. The van der Waals surface area contributed by atoms with E-state index in [0.717, 1.165) is 52.5 Å². The predicted molar refractivity (Wildman–Crippen MR) is 198 cm³/mol. The number of aromatic nitrogens is 2. The fourth-order valence-corrected chi connectivity index (χ4v) is 8.92. The van der Waals surface area contributed by atoms with Gasteiger partial charge in [-0.1, -0.05) is 56.9 Å². The molecule has 2 amide bonds. The SMILES string of the molecule is CCCC1CCC(C2CCN(c3cnc(-c4ccc(C[C@H](NC(=O)c5ccc(C(C)(C)C#N)s5)C(=O)N5CC(C(=O)O)C5)cc4)nc3)CC2)CC1. The number of carboxylic acid groups (broad SMARTS) is 1. The topological polar surface area (TPSA) is 140 Å². The molecule has 1 saturated carbocycles. The van der Waals surface area contributed by atoms with Gasteiger partial charge in [0.25, 0.3) is 5.91 Å². The smallest absolute Gasteiger partial charge is 0.310 e. The molecule has 0 spiro atoms. The molecule has 2 aliphatic heterocycles. The summed E-state index contributed by atoms with van der Waals surface area (Å²) in [6.07, 6.45) is 14.9. The van der Waals surface area contributed by atoms with Gasteiger partial charge in [0.15, 0.2) is 5.82 Å². The molecule has 1 aliphatic carbocycles. The van der Waals surface area contributed by atoms with E-state index in [9.17, 15) is 24.8 Å². The van der Waals surface area contributed by atoms with Gasteiger partial charge in [0.2, 0.25) is 5.91 Å². The Morgan fingerprint density at radius 3 is 2.24 bits per heavy atom. The molecule has 0 bridgehead atoms. The molecule has 4 heterocycles. The molecular formula is C40H50N6O4S. The zero-order chi connectivity index (χ0) is 36.1. The van der Waals surface area contributed by atoms with Gasteiger partial charge >= 0.3 is 5.97 Å². The highest BCUT2D eigenvalue weighted by Gasteiger charge is 2.39. The average Bonchev–Trinajstić information content (AvgIpc) is 3.64. The van der Waals surface area contributed by atoms with Gasteiger partial charge in [-0.3, -0.25) is 14.4 Å². The van der Waals surface area contributed by atoms with Gasteiger partial charge in [-0.15, -0.1) is 11.3 Å². The Labute approximate surface area is 305 Å². The van der Waals surface area contributed by atoms with Crippen LogP contribution in [0.25, 0.3) is 11.4 Å². The molecule has 1 aromatic carbocycles. The molecule has 10 nitrogen and oxygen atoms in total. The van der Waals surface area contributed by atoms with Gasteiger partial charge < -0.3 is 20.2 Å². The summed E-state index contributed by atoms with van der Waals surface area (Å²) in [5.74, 6) is 1.05. The fraction of sp³-hybridized carbons (Fsp3) is 0.550. The van der Waals surface area contributed by atoms with Crippen molar-refractivity contribution in [2.24, 2.45) is 23.7 Å². The molecule has 0 unspecified atom stereocenters. The van der Waals surface area contributed by atoms with Crippen LogP contribution in [-0.4, -0.2) is 70.0 Å². The molecule has 3 aliphatic rings. The molecule has 1 atom stereocenters. The number of anilines is 1. The first-order valence-corrected chi connectivity index (χ1v) is 19.4. The molecule has 3 fully saturated rings. The third-order valence-corrected chi connectivity index (χ3v) is 12.7. The number of nitrogens with one attached hydrogen (secondary N) is 1. The second-order valence-electron chi connectivity index (χ2n) is 15.3. The first-order chi connectivity index (χ1) is 24.5. The first kappa shape index (κ1) is 36.5. The van der Waals surface area contributed by atoms with Crippen LogP contribution in [0.2, 0.25) is 0 Å². The van der Waals surface area contributed by atoms with Crippen molar-refractivity contribution >= 4 is 34.8 Å². The van der Waals surface area contributed by atoms with Crippen molar-refractivity contribution in [1.29, 1.82) is 5.26 Å². The number of rotatable bonds is 12. The van der Waals surface area contributed by atoms with Crippen molar-refractivity contribution in [1.82, 2.24) is 20.2 Å². The third-order valence-electron chi connectivity index (χ3n) is 11.3. The van der Waals surface area contributed by atoms with Gasteiger partial charge in [-0.05, 0) is 75.0 Å². The zero-order valence-electron chi connectivity index (χ0n) is 30.0. The maximum atomic E-state index is 13.5. The van der Waals surface area contributed by atoms with E-state index >= 15 is 0 Å². The van der Waals surface area contributed by atoms with Crippen LogP contribution >= 0.6 is 11.3 Å². The Morgan fingerprint density at radius 2 is 1.63 bits per heavy atom. The van der Waals surface area contributed by atoms with Gasteiger partial charge in [-0.2, -0.15) is 5.26 Å². The number of carbonyl (C=O) groups is 3. The van der Waals surface area contributed by atoms with Crippen LogP contribution in [0.3, 0.4) is 0 Å². The van der Waals surface area contributed by atoms with E-state index in [4.69, 9.17) is 9.97 Å². The number of amides is 2. The minimum absolute atomic E-state index is 0.115.